The van der Waals surface area contributed by atoms with Crippen molar-refractivity contribution < 1.29 is 10.3 Å². The third kappa shape index (κ3) is 1.49. The zero-order valence-electron chi connectivity index (χ0n) is 6.07. The zero-order valence-corrected chi connectivity index (χ0v) is 6.07. The Hall–Kier alpha value is -1.51. The van der Waals surface area contributed by atoms with Crippen LogP contribution < -0.4 is 0 Å². The van der Waals surface area contributed by atoms with Crippen molar-refractivity contribution >= 4 is 5.71 Å². The molecule has 0 bridgehead atoms. The molecule has 0 unspecified atom stereocenters. The molecule has 57 valence electrons. The molecule has 3 nitrogen and oxygen atoms in total. The van der Waals surface area contributed by atoms with Crippen molar-refractivity contribution in [3.63, 3.8) is 0 Å². The highest BCUT2D eigenvalue weighted by Gasteiger charge is 2.01. The van der Waals surface area contributed by atoms with Crippen LogP contribution in [0.15, 0.2) is 23.4 Å². The lowest BCUT2D eigenvalue weighted by atomic mass is 10.1. The fraction of sp³-hybridized carbons (Fsp3) is 0.125. The number of hydrogen-bond donors (Lipinski definition) is 2. The predicted octanol–water partition coefficient (Wildman–Crippen LogP) is 1.39. The second-order valence-electron chi connectivity index (χ2n) is 2.13. The molecule has 0 spiro atoms. The van der Waals surface area contributed by atoms with Crippen LogP contribution in [0.2, 0.25) is 0 Å². The van der Waals surface area contributed by atoms with Gasteiger partial charge in [-0.25, -0.2) is 0 Å². The van der Waals surface area contributed by atoms with Crippen LogP contribution in [0.1, 0.15) is 12.5 Å². The molecule has 0 heterocycles. The third-order valence-corrected chi connectivity index (χ3v) is 1.38. The maximum atomic E-state index is 9.20. The Balaban J connectivity index is 3.14. The van der Waals surface area contributed by atoms with Gasteiger partial charge in [-0.1, -0.05) is 11.2 Å². The monoisotopic (exact) mass is 150 g/mol. The molecule has 0 aliphatic heterocycles. The van der Waals surface area contributed by atoms with Crippen molar-refractivity contribution in [1.29, 1.82) is 0 Å². The van der Waals surface area contributed by atoms with E-state index in [1.54, 1.807) is 19.1 Å². The highest BCUT2D eigenvalue weighted by molar-refractivity contribution is 6.00. The van der Waals surface area contributed by atoms with Gasteiger partial charge in [0.1, 0.15) is 5.75 Å². The van der Waals surface area contributed by atoms with Crippen LogP contribution in [0.3, 0.4) is 0 Å². The Morgan fingerprint density at radius 3 is 2.91 bits per heavy atom. The first kappa shape index (κ1) is 7.60. The Morgan fingerprint density at radius 2 is 2.36 bits per heavy atom. The molecule has 0 aromatic heterocycles. The molecule has 0 amide bonds. The fourth-order valence-corrected chi connectivity index (χ4v) is 0.766. The zero-order chi connectivity index (χ0) is 8.27. The summed E-state index contributed by atoms with van der Waals surface area (Å²) in [5, 5.41) is 20.5. The minimum atomic E-state index is 0.0963. The van der Waals surface area contributed by atoms with Gasteiger partial charge in [0.2, 0.25) is 0 Å². The van der Waals surface area contributed by atoms with E-state index in [2.05, 4.69) is 11.2 Å². The molecule has 1 rings (SSSR count). The van der Waals surface area contributed by atoms with Crippen LogP contribution in [0, 0.1) is 6.07 Å². The maximum absolute atomic E-state index is 9.20. The van der Waals surface area contributed by atoms with Crippen LogP contribution in [0.25, 0.3) is 0 Å². The number of phenols is 1. The number of oxime groups is 1. The van der Waals surface area contributed by atoms with Gasteiger partial charge in [-0.05, 0) is 25.1 Å². The summed E-state index contributed by atoms with van der Waals surface area (Å²) in [5.74, 6) is 0.0963. The quantitative estimate of drug-likeness (QED) is 0.361. The topological polar surface area (TPSA) is 52.8 Å². The molecule has 0 aliphatic rings. The van der Waals surface area contributed by atoms with Gasteiger partial charge in [-0.15, -0.1) is 0 Å². The van der Waals surface area contributed by atoms with E-state index in [0.29, 0.717) is 11.3 Å². The van der Waals surface area contributed by atoms with Crippen LogP contribution in [-0.4, -0.2) is 16.0 Å². The summed E-state index contributed by atoms with van der Waals surface area (Å²) in [6.45, 7) is 1.60. The molecular formula is C8H8NO2. The van der Waals surface area contributed by atoms with Crippen molar-refractivity contribution in [2.24, 2.45) is 5.16 Å². The van der Waals surface area contributed by atoms with Crippen molar-refractivity contribution in [2.75, 3.05) is 0 Å². The van der Waals surface area contributed by atoms with Gasteiger partial charge in [0, 0.05) is 5.56 Å². The van der Waals surface area contributed by atoms with Gasteiger partial charge >= 0.3 is 0 Å². The van der Waals surface area contributed by atoms with Gasteiger partial charge in [-0.3, -0.25) is 0 Å². The lowest BCUT2D eigenvalue weighted by molar-refractivity contribution is 0.318. The second kappa shape index (κ2) is 3.05. The van der Waals surface area contributed by atoms with Gasteiger partial charge in [0.15, 0.2) is 0 Å². The summed E-state index contributed by atoms with van der Waals surface area (Å²) in [4.78, 5) is 0. The van der Waals surface area contributed by atoms with Crippen LogP contribution in [0.5, 0.6) is 5.75 Å². The number of hydrogen-bond acceptors (Lipinski definition) is 3. The van der Waals surface area contributed by atoms with E-state index in [0.717, 1.165) is 0 Å². The van der Waals surface area contributed by atoms with E-state index in [4.69, 9.17) is 5.21 Å². The van der Waals surface area contributed by atoms with Gasteiger partial charge < -0.3 is 10.3 Å². The average molecular weight is 150 g/mol. The molecule has 0 atom stereocenters. The Bertz CT molecular complexity index is 281. The minimum absolute atomic E-state index is 0.0963. The average Bonchev–Trinajstić information content (AvgIpc) is 2.04. The maximum Gasteiger partial charge on any atom is 0.124 e. The first-order valence-electron chi connectivity index (χ1n) is 3.14. The Labute approximate surface area is 64.6 Å². The number of benzene rings is 1. The highest BCUT2D eigenvalue weighted by atomic mass is 16.4. The molecule has 3 heteroatoms. The molecule has 0 fully saturated rings. The summed E-state index contributed by atoms with van der Waals surface area (Å²) in [5.41, 5.74) is 0.870. The van der Waals surface area contributed by atoms with Crippen molar-refractivity contribution in [2.45, 2.75) is 6.92 Å². The molecule has 0 saturated heterocycles. The standard InChI is InChI=1S/C8H8NO2/c1-6(9-11)7-4-2-3-5-8(7)10/h3-5,10-11H,1H3. The van der Waals surface area contributed by atoms with E-state index in [1.807, 2.05) is 0 Å². The fourth-order valence-electron chi connectivity index (χ4n) is 0.766. The van der Waals surface area contributed by atoms with E-state index in [-0.39, 0.29) is 5.75 Å². The molecule has 1 aromatic rings. The number of aromatic hydroxyl groups is 1. The predicted molar refractivity (Wildman–Crippen MR) is 40.9 cm³/mol. The summed E-state index contributed by atoms with van der Waals surface area (Å²) in [6, 6.07) is 7.40. The van der Waals surface area contributed by atoms with Crippen LogP contribution in [-0.2, 0) is 0 Å². The third-order valence-electron chi connectivity index (χ3n) is 1.38. The molecule has 0 aliphatic carbocycles. The molecule has 0 saturated carbocycles. The summed E-state index contributed by atoms with van der Waals surface area (Å²) < 4.78 is 0. The first-order chi connectivity index (χ1) is 5.25. The molecule has 1 radical (unpaired) electrons. The number of nitrogens with zero attached hydrogens (tertiary/aromatic N) is 1. The number of phenolic OH excluding ortho intramolecular Hbond substituents is 1. The SMILES string of the molecule is CC(=NO)c1c[c]ccc1O. The van der Waals surface area contributed by atoms with Gasteiger partial charge in [-0.2, -0.15) is 0 Å². The van der Waals surface area contributed by atoms with E-state index < -0.39 is 0 Å². The highest BCUT2D eigenvalue weighted by Crippen LogP contribution is 2.15. The van der Waals surface area contributed by atoms with Crippen molar-refractivity contribution in [3.8, 4) is 5.75 Å². The summed E-state index contributed by atoms with van der Waals surface area (Å²) in [6.07, 6.45) is 0. The number of rotatable bonds is 1. The largest absolute Gasteiger partial charge is 0.507 e. The van der Waals surface area contributed by atoms with Gasteiger partial charge in [0.05, 0.1) is 5.71 Å². The molecular weight excluding hydrogens is 142 g/mol. The first-order valence-corrected chi connectivity index (χ1v) is 3.14. The van der Waals surface area contributed by atoms with E-state index >= 15 is 0 Å². The summed E-state index contributed by atoms with van der Waals surface area (Å²) in [7, 11) is 0. The molecule has 2 N–H and O–H groups in total. The normalized spacial score (nSPS) is 11.5. The summed E-state index contributed by atoms with van der Waals surface area (Å²) >= 11 is 0. The Kier molecular flexibility index (Phi) is 2.11. The molecule has 1 aromatic carbocycles. The van der Waals surface area contributed by atoms with Crippen LogP contribution in [0.4, 0.5) is 0 Å². The lowest BCUT2D eigenvalue weighted by Gasteiger charge is -1.99. The van der Waals surface area contributed by atoms with Crippen molar-refractivity contribution in [3.05, 3.63) is 29.8 Å². The minimum Gasteiger partial charge on any atom is -0.507 e. The van der Waals surface area contributed by atoms with Crippen molar-refractivity contribution in [1.82, 2.24) is 0 Å². The van der Waals surface area contributed by atoms with Gasteiger partial charge in [0.25, 0.3) is 0 Å². The Morgan fingerprint density at radius 1 is 1.64 bits per heavy atom. The smallest absolute Gasteiger partial charge is 0.124 e. The lowest BCUT2D eigenvalue weighted by Crippen LogP contribution is -1.93. The molecule has 11 heavy (non-hydrogen) atoms. The van der Waals surface area contributed by atoms with Crippen LogP contribution >= 0.6 is 0 Å². The van der Waals surface area contributed by atoms with E-state index in [9.17, 15) is 5.11 Å². The second-order valence-corrected chi connectivity index (χ2v) is 2.13. The van der Waals surface area contributed by atoms with E-state index in [1.165, 1.54) is 6.07 Å².